The van der Waals surface area contributed by atoms with E-state index in [9.17, 15) is 4.79 Å². The maximum atomic E-state index is 12.6. The van der Waals surface area contributed by atoms with Crippen LogP contribution in [-0.4, -0.2) is 43.9 Å². The van der Waals surface area contributed by atoms with E-state index in [4.69, 9.17) is 18.9 Å². The molecule has 2 aliphatic rings. The molecule has 1 fully saturated rings. The number of methoxy groups -OCH3 is 1. The summed E-state index contributed by atoms with van der Waals surface area (Å²) in [6.07, 6.45) is 5.81. The molecule has 1 N–H and O–H groups in total. The van der Waals surface area contributed by atoms with Gasteiger partial charge in [0.1, 0.15) is 19.0 Å². The number of benzene rings is 2. The van der Waals surface area contributed by atoms with E-state index >= 15 is 0 Å². The lowest BCUT2D eigenvalue weighted by Crippen LogP contribution is -2.34. The molecular formula is C27H30N2O5. The molecule has 7 heteroatoms. The summed E-state index contributed by atoms with van der Waals surface area (Å²) in [6, 6.07) is 14.0. The van der Waals surface area contributed by atoms with Gasteiger partial charge in [-0.1, -0.05) is 6.07 Å². The van der Waals surface area contributed by atoms with Crippen molar-refractivity contribution in [2.24, 2.45) is 5.92 Å². The fourth-order valence-corrected chi connectivity index (χ4v) is 4.62. The number of carbonyl (C=O) groups excluding carboxylic acids is 1. The highest BCUT2D eigenvalue weighted by Gasteiger charge is 2.23. The van der Waals surface area contributed by atoms with Crippen molar-refractivity contribution in [1.29, 1.82) is 0 Å². The number of ether oxygens (including phenoxy) is 4. The first kappa shape index (κ1) is 22.5. The van der Waals surface area contributed by atoms with Gasteiger partial charge in [0.15, 0.2) is 11.5 Å². The fourth-order valence-electron chi connectivity index (χ4n) is 4.62. The Morgan fingerprint density at radius 1 is 1.03 bits per heavy atom. The Bertz CT molecular complexity index is 1160. The Hall–Kier alpha value is -3.32. The Kier molecular flexibility index (Phi) is 6.81. The van der Waals surface area contributed by atoms with Crippen LogP contribution in [0.5, 0.6) is 17.2 Å². The van der Waals surface area contributed by atoms with Gasteiger partial charge in [0.05, 0.1) is 24.8 Å². The third kappa shape index (κ3) is 5.25. The van der Waals surface area contributed by atoms with Crippen molar-refractivity contribution in [2.45, 2.75) is 38.3 Å². The largest absolute Gasteiger partial charge is 0.497 e. The molecule has 178 valence electrons. The van der Waals surface area contributed by atoms with Gasteiger partial charge < -0.3 is 24.3 Å². The Labute approximate surface area is 199 Å². The molecule has 1 aliphatic heterocycles. The van der Waals surface area contributed by atoms with Crippen LogP contribution in [0.1, 0.15) is 41.6 Å². The van der Waals surface area contributed by atoms with Gasteiger partial charge in [-0.15, -0.1) is 0 Å². The first-order valence-electron chi connectivity index (χ1n) is 11.9. The van der Waals surface area contributed by atoms with E-state index in [0.717, 1.165) is 60.4 Å². The van der Waals surface area contributed by atoms with Gasteiger partial charge in [0.2, 0.25) is 0 Å². The minimum absolute atomic E-state index is 0.323. The first-order valence-corrected chi connectivity index (χ1v) is 11.9. The highest BCUT2D eigenvalue weighted by Crippen LogP contribution is 2.31. The van der Waals surface area contributed by atoms with E-state index in [1.807, 2.05) is 30.3 Å². The molecule has 0 saturated heterocycles. The summed E-state index contributed by atoms with van der Waals surface area (Å²) >= 11 is 0. The van der Waals surface area contributed by atoms with Crippen LogP contribution in [0.2, 0.25) is 0 Å². The van der Waals surface area contributed by atoms with Gasteiger partial charge in [-0.2, -0.15) is 0 Å². The average Bonchev–Trinajstić information content (AvgIpc) is 2.90. The predicted octanol–water partition coefficient (Wildman–Crippen LogP) is 4.52. The van der Waals surface area contributed by atoms with Crippen LogP contribution >= 0.6 is 0 Å². The second-order valence-electron chi connectivity index (χ2n) is 8.96. The van der Waals surface area contributed by atoms with Crippen LogP contribution in [0.3, 0.4) is 0 Å². The van der Waals surface area contributed by atoms with Gasteiger partial charge in [-0.05, 0) is 73.6 Å². The third-order valence-electron chi connectivity index (χ3n) is 6.62. The summed E-state index contributed by atoms with van der Waals surface area (Å²) < 4.78 is 22.2. The van der Waals surface area contributed by atoms with E-state index in [2.05, 4.69) is 22.4 Å². The van der Waals surface area contributed by atoms with E-state index in [1.54, 1.807) is 13.3 Å². The molecule has 7 nitrogen and oxygen atoms in total. The monoisotopic (exact) mass is 462 g/mol. The van der Waals surface area contributed by atoms with Gasteiger partial charge in [0, 0.05) is 24.2 Å². The second-order valence-corrected chi connectivity index (χ2v) is 8.96. The summed E-state index contributed by atoms with van der Waals surface area (Å²) in [6.45, 7) is 2.46. The number of nitrogens with zero attached hydrogens (tertiary/aromatic N) is 1. The number of esters is 1. The highest BCUT2D eigenvalue weighted by atomic mass is 16.6. The summed E-state index contributed by atoms with van der Waals surface area (Å²) in [4.78, 5) is 17.0. The van der Waals surface area contributed by atoms with Gasteiger partial charge in [0.25, 0.3) is 0 Å². The molecule has 2 aromatic carbocycles. The normalized spacial score (nSPS) is 19.6. The predicted molar refractivity (Wildman–Crippen MR) is 129 cm³/mol. The van der Waals surface area contributed by atoms with Crippen molar-refractivity contribution >= 4 is 16.9 Å². The molecule has 0 radical (unpaired) electrons. The quantitative estimate of drug-likeness (QED) is 0.517. The lowest BCUT2D eigenvalue weighted by Gasteiger charge is -2.29. The van der Waals surface area contributed by atoms with Crippen molar-refractivity contribution in [2.75, 3.05) is 26.9 Å². The maximum Gasteiger partial charge on any atom is 0.339 e. The number of hydrogen-bond acceptors (Lipinski definition) is 7. The molecule has 1 aliphatic carbocycles. The zero-order chi connectivity index (χ0) is 23.3. The number of fused-ring (bicyclic) bond motifs is 2. The van der Waals surface area contributed by atoms with Gasteiger partial charge in [-0.25, -0.2) is 4.79 Å². The lowest BCUT2D eigenvalue weighted by molar-refractivity contribution is 0.0401. The number of pyridine rings is 1. The van der Waals surface area contributed by atoms with E-state index in [0.29, 0.717) is 37.3 Å². The van der Waals surface area contributed by atoms with Crippen molar-refractivity contribution in [1.82, 2.24) is 10.3 Å². The molecule has 0 atom stereocenters. The molecular weight excluding hydrogens is 432 g/mol. The molecule has 0 spiro atoms. The van der Waals surface area contributed by atoms with Gasteiger partial charge in [-0.3, -0.25) is 4.98 Å². The summed E-state index contributed by atoms with van der Waals surface area (Å²) in [5.41, 5.74) is 2.48. The van der Waals surface area contributed by atoms with E-state index in [1.165, 1.54) is 5.56 Å². The van der Waals surface area contributed by atoms with Crippen LogP contribution in [0.15, 0.2) is 48.7 Å². The topological polar surface area (TPSA) is 78.9 Å². The molecule has 1 saturated carbocycles. The third-order valence-corrected chi connectivity index (χ3v) is 6.62. The summed E-state index contributed by atoms with van der Waals surface area (Å²) in [5, 5.41) is 4.52. The van der Waals surface area contributed by atoms with E-state index < -0.39 is 0 Å². The average molecular weight is 463 g/mol. The van der Waals surface area contributed by atoms with Crippen molar-refractivity contribution < 1.29 is 23.7 Å². The van der Waals surface area contributed by atoms with Crippen LogP contribution in [0, 0.1) is 5.92 Å². The Balaban J connectivity index is 1.07. The van der Waals surface area contributed by atoms with Crippen LogP contribution in [0.4, 0.5) is 0 Å². The molecule has 34 heavy (non-hydrogen) atoms. The zero-order valence-electron chi connectivity index (χ0n) is 19.4. The SMILES string of the molecule is COc1ccc2ncc(C(=O)OCC3CCC(NCc4ccc5c(c4)OCCO5)CC3)cc2c1. The van der Waals surface area contributed by atoms with Crippen LogP contribution in [0.25, 0.3) is 10.9 Å². The Morgan fingerprint density at radius 3 is 2.68 bits per heavy atom. The number of hydrogen-bond donors (Lipinski definition) is 1. The number of rotatable bonds is 7. The molecule has 0 bridgehead atoms. The number of nitrogens with one attached hydrogen (secondary N) is 1. The zero-order valence-corrected chi connectivity index (χ0v) is 19.4. The fraction of sp³-hybridized carbons (Fsp3) is 0.407. The van der Waals surface area contributed by atoms with E-state index in [-0.39, 0.29) is 5.97 Å². The second kappa shape index (κ2) is 10.3. The van der Waals surface area contributed by atoms with Gasteiger partial charge >= 0.3 is 5.97 Å². The smallest absolute Gasteiger partial charge is 0.339 e. The molecule has 0 amide bonds. The molecule has 3 aromatic rings. The maximum absolute atomic E-state index is 12.6. The standard InChI is InChI=1S/C27H30N2O5/c1-31-23-7-8-24-20(14-23)13-21(16-29-24)27(30)34-17-18-2-5-22(6-3-18)28-15-19-4-9-25-26(12-19)33-11-10-32-25/h4,7-9,12-14,16,18,22,28H,2-3,5-6,10-11,15,17H2,1H3. The summed E-state index contributed by atoms with van der Waals surface area (Å²) in [5.74, 6) is 2.46. The molecule has 1 aromatic heterocycles. The minimum Gasteiger partial charge on any atom is -0.497 e. The first-order chi connectivity index (χ1) is 16.7. The molecule has 5 rings (SSSR count). The van der Waals surface area contributed by atoms with Crippen molar-refractivity contribution in [3.05, 3.63) is 59.8 Å². The van der Waals surface area contributed by atoms with Crippen molar-refractivity contribution in [3.63, 3.8) is 0 Å². The van der Waals surface area contributed by atoms with Crippen molar-refractivity contribution in [3.8, 4) is 17.2 Å². The lowest BCUT2D eigenvalue weighted by atomic mass is 9.86. The Morgan fingerprint density at radius 2 is 1.85 bits per heavy atom. The molecule has 0 unspecified atom stereocenters. The summed E-state index contributed by atoms with van der Waals surface area (Å²) in [7, 11) is 1.62. The number of aromatic nitrogens is 1. The number of carbonyl (C=O) groups is 1. The molecule has 2 heterocycles. The minimum atomic E-state index is -0.323. The van der Waals surface area contributed by atoms with Crippen LogP contribution in [-0.2, 0) is 11.3 Å². The van der Waals surface area contributed by atoms with Crippen LogP contribution < -0.4 is 19.5 Å². The highest BCUT2D eigenvalue weighted by molar-refractivity contribution is 5.93.